The molecule has 0 aliphatic rings. The van der Waals surface area contributed by atoms with Gasteiger partial charge in [-0.2, -0.15) is 5.10 Å². The Morgan fingerprint density at radius 3 is 2.58 bits per heavy atom. The zero-order chi connectivity index (χ0) is 25.2. The van der Waals surface area contributed by atoms with Crippen LogP contribution in [0.25, 0.3) is 27.8 Å². The second kappa shape index (κ2) is 9.35. The van der Waals surface area contributed by atoms with Gasteiger partial charge in [0.1, 0.15) is 29.9 Å². The molecule has 9 nitrogen and oxygen atoms in total. The van der Waals surface area contributed by atoms with Crippen molar-refractivity contribution in [2.45, 2.75) is 19.9 Å². The third kappa shape index (κ3) is 4.05. The van der Waals surface area contributed by atoms with Crippen LogP contribution >= 0.6 is 0 Å². The summed E-state index contributed by atoms with van der Waals surface area (Å²) in [5, 5.41) is 9.17. The minimum absolute atomic E-state index is 0.144. The maximum atomic E-state index is 13.9. The molecule has 2 aromatic carbocycles. The van der Waals surface area contributed by atoms with Gasteiger partial charge in [0.2, 0.25) is 0 Å². The van der Waals surface area contributed by atoms with Gasteiger partial charge in [-0.3, -0.25) is 14.0 Å². The molecule has 178 valence electrons. The number of hydrogen-bond acceptors (Lipinski definition) is 7. The Morgan fingerprint density at radius 1 is 1.06 bits per heavy atom. The van der Waals surface area contributed by atoms with Gasteiger partial charge in [0.15, 0.2) is 5.82 Å². The third-order valence-corrected chi connectivity index (χ3v) is 5.85. The van der Waals surface area contributed by atoms with Gasteiger partial charge in [-0.25, -0.2) is 15.0 Å². The first-order chi connectivity index (χ1) is 17.5. The summed E-state index contributed by atoms with van der Waals surface area (Å²) in [7, 11) is 1.77. The van der Waals surface area contributed by atoms with Crippen molar-refractivity contribution in [1.82, 2.24) is 29.3 Å². The van der Waals surface area contributed by atoms with Crippen molar-refractivity contribution in [1.29, 1.82) is 0 Å². The smallest absolute Gasteiger partial charge is 0.264 e. The van der Waals surface area contributed by atoms with E-state index in [2.05, 4.69) is 37.2 Å². The Labute approximate surface area is 207 Å². The molecule has 0 radical (unpaired) electrons. The number of benzene rings is 2. The number of anilines is 2. The number of pyridine rings is 1. The molecule has 9 heteroatoms. The van der Waals surface area contributed by atoms with Crippen molar-refractivity contribution >= 4 is 22.4 Å². The topological polar surface area (TPSA) is 117 Å². The van der Waals surface area contributed by atoms with Crippen LogP contribution in [0.4, 0.5) is 11.6 Å². The molecule has 3 N–H and O–H groups in total. The van der Waals surface area contributed by atoms with Gasteiger partial charge in [-0.05, 0) is 43.5 Å². The summed E-state index contributed by atoms with van der Waals surface area (Å²) in [6.45, 7) is 3.72. The third-order valence-electron chi connectivity index (χ3n) is 5.85. The summed E-state index contributed by atoms with van der Waals surface area (Å²) in [5.41, 5.74) is 8.75. The maximum absolute atomic E-state index is 13.9. The molecule has 0 saturated carbocycles. The van der Waals surface area contributed by atoms with Gasteiger partial charge in [0.05, 0.1) is 11.4 Å². The van der Waals surface area contributed by atoms with Crippen molar-refractivity contribution < 1.29 is 0 Å². The minimum atomic E-state index is -0.347. The van der Waals surface area contributed by atoms with Crippen LogP contribution < -0.4 is 16.6 Å². The zero-order valence-corrected chi connectivity index (χ0v) is 20.1. The predicted molar refractivity (Wildman–Crippen MR) is 141 cm³/mol. The maximum Gasteiger partial charge on any atom is 0.264 e. The minimum Gasteiger partial charge on any atom is -0.383 e. The molecule has 0 saturated heterocycles. The number of nitrogen functional groups attached to an aromatic ring is 1. The van der Waals surface area contributed by atoms with E-state index in [0.717, 1.165) is 16.8 Å². The Balaban J connectivity index is 1.70. The van der Waals surface area contributed by atoms with Crippen molar-refractivity contribution in [2.24, 2.45) is 7.05 Å². The summed E-state index contributed by atoms with van der Waals surface area (Å²) >= 11 is 0. The van der Waals surface area contributed by atoms with E-state index in [1.807, 2.05) is 61.5 Å². The van der Waals surface area contributed by atoms with Crippen LogP contribution in [-0.4, -0.2) is 29.3 Å². The second-order valence-corrected chi connectivity index (χ2v) is 8.28. The second-order valence-electron chi connectivity index (χ2n) is 8.28. The fourth-order valence-electron chi connectivity index (χ4n) is 4.24. The van der Waals surface area contributed by atoms with Gasteiger partial charge in [0, 0.05) is 24.0 Å². The zero-order valence-electron chi connectivity index (χ0n) is 20.1. The SMILES string of the molecule is CC#Cc1cccc2cc(C(C)Nc3ncnc(N)c3-c3ncn(C)n3)n(-c3ccccc3)c(=O)c12. The van der Waals surface area contributed by atoms with Gasteiger partial charge < -0.3 is 11.1 Å². The van der Waals surface area contributed by atoms with Gasteiger partial charge in [-0.1, -0.05) is 36.3 Å². The monoisotopic (exact) mass is 476 g/mol. The van der Waals surface area contributed by atoms with Crippen LogP contribution in [0.15, 0.2) is 72.0 Å². The first-order valence-electron chi connectivity index (χ1n) is 11.4. The highest BCUT2D eigenvalue weighted by Gasteiger charge is 2.21. The van der Waals surface area contributed by atoms with Gasteiger partial charge in [-0.15, -0.1) is 5.92 Å². The number of rotatable bonds is 5. The van der Waals surface area contributed by atoms with E-state index in [1.54, 1.807) is 29.5 Å². The summed E-state index contributed by atoms with van der Waals surface area (Å²) in [6, 6.07) is 16.9. The number of nitrogens with zero attached hydrogens (tertiary/aromatic N) is 6. The lowest BCUT2D eigenvalue weighted by molar-refractivity contribution is 0.765. The number of hydrogen-bond donors (Lipinski definition) is 2. The van der Waals surface area contributed by atoms with E-state index in [4.69, 9.17) is 5.73 Å². The number of fused-ring (bicyclic) bond motifs is 1. The van der Waals surface area contributed by atoms with E-state index < -0.39 is 0 Å². The number of para-hydroxylation sites is 1. The quantitative estimate of drug-likeness (QED) is 0.372. The van der Waals surface area contributed by atoms with Crippen LogP contribution in [0.3, 0.4) is 0 Å². The summed E-state index contributed by atoms with van der Waals surface area (Å²) in [5.74, 6) is 7.12. The molecule has 36 heavy (non-hydrogen) atoms. The molecular weight excluding hydrogens is 452 g/mol. The molecular formula is C27H24N8O. The van der Waals surface area contributed by atoms with E-state index >= 15 is 0 Å². The fourth-order valence-corrected chi connectivity index (χ4v) is 4.24. The normalized spacial score (nSPS) is 11.6. The van der Waals surface area contributed by atoms with Crippen LogP contribution in [0.2, 0.25) is 0 Å². The van der Waals surface area contributed by atoms with E-state index in [-0.39, 0.29) is 17.4 Å². The number of nitrogens with two attached hydrogens (primary N) is 1. The first kappa shape index (κ1) is 22.8. The molecule has 0 bridgehead atoms. The fraction of sp³-hybridized carbons (Fsp3) is 0.148. The highest BCUT2D eigenvalue weighted by molar-refractivity contribution is 5.88. The van der Waals surface area contributed by atoms with Crippen molar-refractivity contribution in [3.05, 3.63) is 88.9 Å². The molecule has 5 aromatic rings. The lowest BCUT2D eigenvalue weighted by Gasteiger charge is -2.22. The Morgan fingerprint density at radius 2 is 1.86 bits per heavy atom. The van der Waals surface area contributed by atoms with Crippen molar-refractivity contribution in [3.8, 4) is 28.9 Å². The van der Waals surface area contributed by atoms with Crippen LogP contribution in [0.1, 0.15) is 31.1 Å². The first-order valence-corrected chi connectivity index (χ1v) is 11.4. The van der Waals surface area contributed by atoms with Crippen LogP contribution in [0.5, 0.6) is 0 Å². The molecule has 5 rings (SSSR count). The standard InChI is InChI=1S/C27H24N8O/c1-4-9-18-10-8-11-19-14-21(35(27(36)22(18)19)20-12-6-5-7-13-20)17(2)32-25-23(24(28)29-15-30-25)26-31-16-34(3)33-26/h5-8,10-17H,1-3H3,(H3,28,29,30,32). The molecule has 1 unspecified atom stereocenters. The van der Waals surface area contributed by atoms with Crippen LogP contribution in [-0.2, 0) is 7.05 Å². The highest BCUT2D eigenvalue weighted by Crippen LogP contribution is 2.31. The highest BCUT2D eigenvalue weighted by atomic mass is 16.1. The largest absolute Gasteiger partial charge is 0.383 e. The Hall–Kier alpha value is -4.97. The molecule has 3 aromatic heterocycles. The summed E-state index contributed by atoms with van der Waals surface area (Å²) < 4.78 is 3.30. The lowest BCUT2D eigenvalue weighted by atomic mass is 10.0. The van der Waals surface area contributed by atoms with E-state index in [0.29, 0.717) is 28.2 Å². The van der Waals surface area contributed by atoms with E-state index in [9.17, 15) is 4.79 Å². The van der Waals surface area contributed by atoms with Gasteiger partial charge in [0.25, 0.3) is 5.56 Å². The number of aryl methyl sites for hydroxylation is 1. The van der Waals surface area contributed by atoms with Gasteiger partial charge >= 0.3 is 0 Å². The van der Waals surface area contributed by atoms with E-state index in [1.165, 1.54) is 6.33 Å². The Bertz CT molecular complexity index is 1690. The molecule has 0 spiro atoms. The summed E-state index contributed by atoms with van der Waals surface area (Å²) in [6.07, 6.45) is 2.97. The van der Waals surface area contributed by atoms with Crippen molar-refractivity contribution in [2.75, 3.05) is 11.1 Å². The summed E-state index contributed by atoms with van der Waals surface area (Å²) in [4.78, 5) is 26.8. The molecule has 0 fully saturated rings. The molecule has 1 atom stereocenters. The number of aromatic nitrogens is 6. The molecule has 3 heterocycles. The predicted octanol–water partition coefficient (Wildman–Crippen LogP) is 3.70. The number of nitrogens with one attached hydrogen (secondary N) is 1. The van der Waals surface area contributed by atoms with Crippen molar-refractivity contribution in [3.63, 3.8) is 0 Å². The molecule has 0 aliphatic heterocycles. The molecule has 0 amide bonds. The average molecular weight is 477 g/mol. The lowest BCUT2D eigenvalue weighted by Crippen LogP contribution is -2.26. The van der Waals surface area contributed by atoms with Crippen LogP contribution in [0, 0.1) is 11.8 Å². The molecule has 0 aliphatic carbocycles. The Kier molecular flexibility index (Phi) is 5.92. The average Bonchev–Trinajstić information content (AvgIpc) is 3.30.